The summed E-state index contributed by atoms with van der Waals surface area (Å²) in [5.41, 5.74) is 2.95. The van der Waals surface area contributed by atoms with E-state index < -0.39 is 6.04 Å². The highest BCUT2D eigenvalue weighted by Gasteiger charge is 2.32. The lowest BCUT2D eigenvalue weighted by Gasteiger charge is -2.32. The lowest BCUT2D eigenvalue weighted by Crippen LogP contribution is -2.52. The first-order chi connectivity index (χ1) is 17.5. The highest BCUT2D eigenvalue weighted by molar-refractivity contribution is 9.10. The SMILES string of the molecule is O=C(NC1CCCC1)C(Cc1ccccc1)N(Cc1ccc(Br)cc1)C(=O)CCc1ccccc1Cl. The number of nitrogens with one attached hydrogen (secondary N) is 1. The molecule has 1 N–H and O–H groups in total. The first kappa shape index (κ1) is 26.4. The average Bonchev–Trinajstić information content (AvgIpc) is 3.40. The summed E-state index contributed by atoms with van der Waals surface area (Å²) < 4.78 is 0.975. The van der Waals surface area contributed by atoms with E-state index in [0.717, 1.165) is 46.8 Å². The van der Waals surface area contributed by atoms with E-state index in [1.54, 1.807) is 4.90 Å². The molecule has 0 radical (unpaired) electrons. The van der Waals surface area contributed by atoms with Crippen LogP contribution in [0.15, 0.2) is 83.3 Å². The molecule has 1 fully saturated rings. The quantitative estimate of drug-likeness (QED) is 0.295. The third kappa shape index (κ3) is 7.44. The van der Waals surface area contributed by atoms with E-state index >= 15 is 0 Å². The lowest BCUT2D eigenvalue weighted by atomic mass is 10.0. The van der Waals surface area contributed by atoms with Crippen LogP contribution in [0.3, 0.4) is 0 Å². The molecule has 188 valence electrons. The highest BCUT2D eigenvalue weighted by Crippen LogP contribution is 2.22. The van der Waals surface area contributed by atoms with Crippen LogP contribution in [0, 0.1) is 0 Å². The van der Waals surface area contributed by atoms with Gasteiger partial charge in [0.25, 0.3) is 0 Å². The van der Waals surface area contributed by atoms with Gasteiger partial charge >= 0.3 is 0 Å². The van der Waals surface area contributed by atoms with Gasteiger partial charge in [-0.2, -0.15) is 0 Å². The predicted octanol–water partition coefficient (Wildman–Crippen LogP) is 6.73. The van der Waals surface area contributed by atoms with Crippen LogP contribution < -0.4 is 5.32 Å². The lowest BCUT2D eigenvalue weighted by molar-refractivity contribution is -0.141. The number of carbonyl (C=O) groups excluding carboxylic acids is 2. The second kappa shape index (κ2) is 13.1. The number of aryl methyl sites for hydroxylation is 1. The standard InChI is InChI=1S/C30H32BrClN2O2/c31-25-17-14-23(15-18-25)21-34(29(35)19-16-24-10-4-7-13-27(24)32)28(20-22-8-2-1-3-9-22)30(36)33-26-11-5-6-12-26/h1-4,7-10,13-15,17-18,26,28H,5-6,11-12,16,19-21H2,(H,33,36). The number of rotatable bonds is 10. The van der Waals surface area contributed by atoms with Crippen molar-refractivity contribution in [1.82, 2.24) is 10.2 Å². The van der Waals surface area contributed by atoms with Crippen LogP contribution in [0.1, 0.15) is 48.8 Å². The van der Waals surface area contributed by atoms with Gasteiger partial charge in [-0.1, -0.05) is 101 Å². The van der Waals surface area contributed by atoms with E-state index in [-0.39, 0.29) is 24.3 Å². The van der Waals surface area contributed by atoms with Gasteiger partial charge in [-0.05, 0) is 54.2 Å². The minimum atomic E-state index is -0.601. The maximum Gasteiger partial charge on any atom is 0.243 e. The number of carbonyl (C=O) groups is 2. The number of nitrogens with zero attached hydrogens (tertiary/aromatic N) is 1. The molecule has 0 aromatic heterocycles. The Bertz CT molecular complexity index is 1150. The van der Waals surface area contributed by atoms with E-state index in [4.69, 9.17) is 11.6 Å². The summed E-state index contributed by atoms with van der Waals surface area (Å²) in [7, 11) is 0. The van der Waals surface area contributed by atoms with E-state index in [1.165, 1.54) is 0 Å². The van der Waals surface area contributed by atoms with Gasteiger partial charge in [0.2, 0.25) is 11.8 Å². The molecule has 1 atom stereocenters. The van der Waals surface area contributed by atoms with Crippen LogP contribution in [-0.2, 0) is 29.0 Å². The van der Waals surface area contributed by atoms with Crippen molar-refractivity contribution in [1.29, 1.82) is 0 Å². The molecule has 6 heteroatoms. The minimum absolute atomic E-state index is 0.0552. The third-order valence-electron chi connectivity index (χ3n) is 6.80. The van der Waals surface area contributed by atoms with E-state index in [1.807, 2.05) is 78.9 Å². The zero-order valence-corrected chi connectivity index (χ0v) is 22.7. The molecule has 1 aliphatic rings. The molecule has 4 nitrogen and oxygen atoms in total. The molecule has 1 aliphatic carbocycles. The van der Waals surface area contributed by atoms with Crippen LogP contribution in [-0.4, -0.2) is 28.8 Å². The van der Waals surface area contributed by atoms with Gasteiger partial charge in [0.1, 0.15) is 6.04 Å². The van der Waals surface area contributed by atoms with Crippen molar-refractivity contribution in [3.8, 4) is 0 Å². The monoisotopic (exact) mass is 566 g/mol. The molecule has 0 bridgehead atoms. The number of hydrogen-bond donors (Lipinski definition) is 1. The largest absolute Gasteiger partial charge is 0.352 e. The zero-order valence-electron chi connectivity index (χ0n) is 20.3. The molecule has 0 aliphatic heterocycles. The molecule has 0 saturated heterocycles. The Hall–Kier alpha value is -2.63. The number of benzene rings is 3. The molecular formula is C30H32BrClN2O2. The smallest absolute Gasteiger partial charge is 0.243 e. The van der Waals surface area contributed by atoms with Crippen LogP contribution in [0.2, 0.25) is 5.02 Å². The summed E-state index contributed by atoms with van der Waals surface area (Å²) in [6.45, 7) is 0.365. The maximum atomic E-state index is 13.8. The second-order valence-corrected chi connectivity index (χ2v) is 10.8. The Balaban J connectivity index is 1.61. The summed E-state index contributed by atoms with van der Waals surface area (Å²) in [5, 5.41) is 3.91. The summed E-state index contributed by atoms with van der Waals surface area (Å²) in [5.74, 6) is -0.130. The van der Waals surface area contributed by atoms with Crippen molar-refractivity contribution in [2.75, 3.05) is 0 Å². The second-order valence-electron chi connectivity index (χ2n) is 9.44. The minimum Gasteiger partial charge on any atom is -0.352 e. The van der Waals surface area contributed by atoms with Gasteiger partial charge in [0.15, 0.2) is 0 Å². The molecule has 3 aromatic carbocycles. The number of halogens is 2. The highest BCUT2D eigenvalue weighted by atomic mass is 79.9. The number of hydrogen-bond acceptors (Lipinski definition) is 2. The molecule has 4 rings (SSSR count). The van der Waals surface area contributed by atoms with Crippen LogP contribution in [0.4, 0.5) is 0 Å². The zero-order chi connectivity index (χ0) is 25.3. The molecular weight excluding hydrogens is 536 g/mol. The van der Waals surface area contributed by atoms with Gasteiger partial charge in [-0.3, -0.25) is 9.59 Å². The average molecular weight is 568 g/mol. The van der Waals surface area contributed by atoms with Gasteiger partial charge in [0.05, 0.1) is 0 Å². The van der Waals surface area contributed by atoms with Crippen molar-refractivity contribution in [2.45, 2.75) is 63.6 Å². The van der Waals surface area contributed by atoms with E-state index in [9.17, 15) is 9.59 Å². The van der Waals surface area contributed by atoms with Crippen molar-refractivity contribution < 1.29 is 9.59 Å². The van der Waals surface area contributed by atoms with Gasteiger partial charge in [-0.15, -0.1) is 0 Å². The van der Waals surface area contributed by atoms with Crippen molar-refractivity contribution in [3.05, 3.63) is 105 Å². The third-order valence-corrected chi connectivity index (χ3v) is 7.70. The summed E-state index contributed by atoms with van der Waals surface area (Å²) in [6.07, 6.45) is 5.53. The Morgan fingerprint density at radius 3 is 2.28 bits per heavy atom. The van der Waals surface area contributed by atoms with Crippen molar-refractivity contribution in [3.63, 3.8) is 0 Å². The molecule has 3 aromatic rings. The summed E-state index contributed by atoms with van der Waals surface area (Å²) in [6, 6.07) is 25.0. The Labute approximate surface area is 227 Å². The predicted molar refractivity (Wildman–Crippen MR) is 149 cm³/mol. The molecule has 1 unspecified atom stereocenters. The molecule has 0 heterocycles. The normalized spacial score (nSPS) is 14.4. The molecule has 36 heavy (non-hydrogen) atoms. The molecule has 2 amide bonds. The van der Waals surface area contributed by atoms with Crippen molar-refractivity contribution in [2.24, 2.45) is 0 Å². The van der Waals surface area contributed by atoms with Gasteiger partial charge in [-0.25, -0.2) is 0 Å². The van der Waals surface area contributed by atoms with Gasteiger partial charge < -0.3 is 10.2 Å². The fraction of sp³-hybridized carbons (Fsp3) is 0.333. The Morgan fingerprint density at radius 2 is 1.58 bits per heavy atom. The first-order valence-electron chi connectivity index (χ1n) is 12.6. The summed E-state index contributed by atoms with van der Waals surface area (Å²) in [4.78, 5) is 29.2. The fourth-order valence-electron chi connectivity index (χ4n) is 4.79. The fourth-order valence-corrected chi connectivity index (χ4v) is 5.29. The van der Waals surface area contributed by atoms with Crippen LogP contribution in [0.5, 0.6) is 0 Å². The Morgan fingerprint density at radius 1 is 0.917 bits per heavy atom. The van der Waals surface area contributed by atoms with Crippen LogP contribution in [0.25, 0.3) is 0 Å². The topological polar surface area (TPSA) is 49.4 Å². The first-order valence-corrected chi connectivity index (χ1v) is 13.8. The Kier molecular flexibility index (Phi) is 9.60. The summed E-state index contributed by atoms with van der Waals surface area (Å²) >= 11 is 9.84. The van der Waals surface area contributed by atoms with Crippen LogP contribution >= 0.6 is 27.5 Å². The van der Waals surface area contributed by atoms with E-state index in [0.29, 0.717) is 24.4 Å². The maximum absolute atomic E-state index is 13.8. The van der Waals surface area contributed by atoms with E-state index in [2.05, 4.69) is 21.2 Å². The molecule has 0 spiro atoms. The number of amides is 2. The van der Waals surface area contributed by atoms with Crippen molar-refractivity contribution >= 4 is 39.3 Å². The molecule has 1 saturated carbocycles. The van der Waals surface area contributed by atoms with Gasteiger partial charge in [0, 0.05) is 34.9 Å².